The highest BCUT2D eigenvalue weighted by Gasteiger charge is 2.50. The maximum Gasteiger partial charge on any atom is 0.258 e. The summed E-state index contributed by atoms with van der Waals surface area (Å²) in [6.07, 6.45) is -1.94. The van der Waals surface area contributed by atoms with Crippen LogP contribution in [0.4, 0.5) is 5.69 Å². The van der Waals surface area contributed by atoms with E-state index in [1.807, 2.05) is 87.2 Å². The van der Waals surface area contributed by atoms with E-state index in [1.165, 1.54) is 16.7 Å². The molecule has 5 N–H and O–H groups in total. The monoisotopic (exact) mass is 773 g/mol. The average Bonchev–Trinajstić information content (AvgIpc) is 3.65. The zero-order valence-electron chi connectivity index (χ0n) is 31.7. The first-order valence-corrected chi connectivity index (χ1v) is 19.7. The molecule has 14 heteroatoms. The van der Waals surface area contributed by atoms with Crippen LogP contribution in [0, 0.1) is 13.8 Å². The Kier molecular flexibility index (Phi) is 12.8. The fourth-order valence-electron chi connectivity index (χ4n) is 7.64. The van der Waals surface area contributed by atoms with Crippen molar-refractivity contribution in [3.05, 3.63) is 94.5 Å². The number of benzene rings is 3. The second-order valence-corrected chi connectivity index (χ2v) is 16.6. The minimum atomic E-state index is -1.68. The van der Waals surface area contributed by atoms with Gasteiger partial charge in [-0.1, -0.05) is 54.6 Å². The van der Waals surface area contributed by atoms with Gasteiger partial charge in [0.2, 0.25) is 11.8 Å². The zero-order chi connectivity index (χ0) is 39.3. The molecule has 2 heterocycles. The third-order valence-electron chi connectivity index (χ3n) is 10.4. The van der Waals surface area contributed by atoms with Gasteiger partial charge in [0.1, 0.15) is 11.8 Å². The molecule has 2 fully saturated rings. The highest BCUT2D eigenvalue weighted by molar-refractivity contribution is 8.00. The summed E-state index contributed by atoms with van der Waals surface area (Å²) in [6.45, 7) is 9.88. The van der Waals surface area contributed by atoms with Crippen LogP contribution in [0.3, 0.4) is 0 Å². The normalized spacial score (nSPS) is 21.6. The lowest BCUT2D eigenvalue weighted by molar-refractivity contribution is -0.148. The van der Waals surface area contributed by atoms with E-state index in [4.69, 9.17) is 9.47 Å². The van der Waals surface area contributed by atoms with Crippen molar-refractivity contribution in [1.82, 2.24) is 20.4 Å². The number of anilines is 1. The zero-order valence-corrected chi connectivity index (χ0v) is 32.6. The molecule has 1 aliphatic carbocycles. The Hall–Kier alpha value is -4.47. The van der Waals surface area contributed by atoms with Gasteiger partial charge in [0, 0.05) is 29.9 Å². The molecule has 0 bridgehead atoms. The van der Waals surface area contributed by atoms with Gasteiger partial charge in [-0.15, -0.1) is 11.8 Å². The molecule has 0 saturated carbocycles. The van der Waals surface area contributed by atoms with Crippen molar-refractivity contribution in [2.75, 3.05) is 50.6 Å². The quantitative estimate of drug-likeness (QED) is 0.174. The Morgan fingerprint density at radius 3 is 2.36 bits per heavy atom. The molecule has 55 heavy (non-hydrogen) atoms. The third kappa shape index (κ3) is 9.68. The summed E-state index contributed by atoms with van der Waals surface area (Å²) in [4.78, 5) is 57.6. The van der Waals surface area contributed by atoms with E-state index in [0.717, 1.165) is 27.8 Å². The Bertz CT molecular complexity index is 1850. The molecule has 13 nitrogen and oxygen atoms in total. The topological polar surface area (TPSA) is 170 Å². The lowest BCUT2D eigenvalue weighted by Crippen LogP contribution is -2.59. The number of rotatable bonds is 13. The van der Waals surface area contributed by atoms with E-state index >= 15 is 0 Å². The first-order chi connectivity index (χ1) is 26.3. The van der Waals surface area contributed by atoms with Crippen LogP contribution in [0.1, 0.15) is 47.7 Å². The van der Waals surface area contributed by atoms with Crippen molar-refractivity contribution < 1.29 is 38.9 Å². The van der Waals surface area contributed by atoms with Gasteiger partial charge in [-0.05, 0) is 74.1 Å². The fraction of sp³-hybridized carbons (Fsp3) is 0.463. The second kappa shape index (κ2) is 17.5. The molecule has 0 radical (unpaired) electrons. The number of fused-ring (bicyclic) bond motifs is 1. The number of aliphatic hydroxyl groups excluding tert-OH is 2. The van der Waals surface area contributed by atoms with E-state index in [9.17, 15) is 29.4 Å². The molecule has 4 amide bonds. The Balaban J connectivity index is 1.12. The predicted molar refractivity (Wildman–Crippen MR) is 210 cm³/mol. The molecule has 3 aromatic rings. The number of aliphatic hydroxyl groups is 2. The fourth-order valence-corrected chi connectivity index (χ4v) is 8.78. The van der Waals surface area contributed by atoms with Gasteiger partial charge >= 0.3 is 0 Å². The van der Waals surface area contributed by atoms with E-state index in [2.05, 4.69) is 16.0 Å². The van der Waals surface area contributed by atoms with Crippen LogP contribution in [0.15, 0.2) is 66.7 Å². The Labute approximate surface area is 326 Å². The van der Waals surface area contributed by atoms with Gasteiger partial charge < -0.3 is 40.5 Å². The van der Waals surface area contributed by atoms with Gasteiger partial charge in [-0.25, -0.2) is 0 Å². The number of carbonyl (C=O) groups excluding carboxylic acids is 4. The molecule has 2 aliphatic heterocycles. The Morgan fingerprint density at radius 1 is 0.982 bits per heavy atom. The minimum Gasteiger partial charge on any atom is -0.483 e. The first-order valence-electron chi connectivity index (χ1n) is 18.7. The van der Waals surface area contributed by atoms with Crippen LogP contribution < -0.4 is 20.7 Å². The highest BCUT2D eigenvalue weighted by atomic mass is 32.2. The van der Waals surface area contributed by atoms with Crippen molar-refractivity contribution in [2.45, 2.75) is 75.6 Å². The van der Waals surface area contributed by atoms with Crippen molar-refractivity contribution in [1.29, 1.82) is 0 Å². The summed E-state index contributed by atoms with van der Waals surface area (Å²) in [6, 6.07) is 17.7. The minimum absolute atomic E-state index is 0.132. The molecule has 294 valence electrons. The number of thioether (sulfide) groups is 1. The van der Waals surface area contributed by atoms with Crippen molar-refractivity contribution in [3.63, 3.8) is 0 Å². The Morgan fingerprint density at radius 2 is 1.65 bits per heavy atom. The SMILES string of the molecule is Cc1cc(NC(=O)CN2CCOCC2)cc(C)c1OCC(=O)N[C@@H](Cc1ccccc1)[C@H](O)C(=O)N1CSC(C)(C)[C@H]1C(=O)N[C@H]1c2ccccc2C[C@H]1O. The summed E-state index contributed by atoms with van der Waals surface area (Å²) in [5.74, 6) is -1.16. The molecule has 5 atom stereocenters. The van der Waals surface area contributed by atoms with E-state index in [-0.39, 0.29) is 31.4 Å². The number of morpholine rings is 1. The van der Waals surface area contributed by atoms with E-state index in [1.54, 1.807) is 12.1 Å². The molecule has 2 saturated heterocycles. The molecule has 3 aliphatic rings. The van der Waals surface area contributed by atoms with Gasteiger partial charge in [0.25, 0.3) is 11.8 Å². The lowest BCUT2D eigenvalue weighted by Gasteiger charge is -2.34. The lowest BCUT2D eigenvalue weighted by atomic mass is 9.96. The van der Waals surface area contributed by atoms with Crippen LogP contribution in [0.2, 0.25) is 0 Å². The number of nitrogens with zero attached hydrogens (tertiary/aromatic N) is 2. The van der Waals surface area contributed by atoms with Gasteiger partial charge in [-0.3, -0.25) is 24.1 Å². The van der Waals surface area contributed by atoms with Crippen molar-refractivity contribution in [2.24, 2.45) is 0 Å². The summed E-state index contributed by atoms with van der Waals surface area (Å²) in [5, 5.41) is 31.3. The second-order valence-electron chi connectivity index (χ2n) is 15.0. The standard InChI is InChI=1S/C41H51N5O8S/c1-25-18-29(42-33(48)22-45-14-16-53-17-15-45)19-26(2)37(25)54-23-34(49)43-31(20-27-10-6-5-7-11-27)36(50)40(52)46-24-55-41(3,4)38(46)39(51)44-35-30-13-9-8-12-28(30)21-32(35)47/h5-13,18-19,31-32,35-36,38,47,50H,14-17,20-24H2,1-4H3,(H,42,48)(H,43,49)(H,44,51)/t31-,32+,35-,36-,38+/m0/s1. The summed E-state index contributed by atoms with van der Waals surface area (Å²) >= 11 is 1.42. The number of amides is 4. The van der Waals surface area contributed by atoms with E-state index in [0.29, 0.717) is 44.2 Å². The number of hydrogen-bond donors (Lipinski definition) is 5. The summed E-state index contributed by atoms with van der Waals surface area (Å²) in [7, 11) is 0. The molecule has 3 aromatic carbocycles. The van der Waals surface area contributed by atoms with Gasteiger partial charge in [0.05, 0.1) is 43.8 Å². The third-order valence-corrected chi connectivity index (χ3v) is 11.8. The molecule has 0 spiro atoms. The number of carbonyl (C=O) groups is 4. The number of hydrogen-bond acceptors (Lipinski definition) is 10. The summed E-state index contributed by atoms with van der Waals surface area (Å²) in [5.41, 5.74) is 4.64. The molecule has 0 aromatic heterocycles. The van der Waals surface area contributed by atoms with Gasteiger partial charge in [0.15, 0.2) is 12.7 Å². The maximum atomic E-state index is 14.2. The number of ether oxygens (including phenoxy) is 2. The van der Waals surface area contributed by atoms with Crippen LogP contribution in [-0.4, -0.2) is 118 Å². The predicted octanol–water partition coefficient (Wildman–Crippen LogP) is 2.50. The van der Waals surface area contributed by atoms with Crippen LogP contribution in [0.25, 0.3) is 0 Å². The van der Waals surface area contributed by atoms with Crippen LogP contribution in [-0.2, 0) is 36.8 Å². The average molecular weight is 774 g/mol. The summed E-state index contributed by atoms with van der Waals surface area (Å²) < 4.78 is 10.6. The molecular formula is C41H51N5O8S. The molecular weight excluding hydrogens is 723 g/mol. The van der Waals surface area contributed by atoms with Crippen molar-refractivity contribution >= 4 is 41.1 Å². The van der Waals surface area contributed by atoms with Crippen LogP contribution >= 0.6 is 11.8 Å². The van der Waals surface area contributed by atoms with Crippen LogP contribution in [0.5, 0.6) is 5.75 Å². The largest absolute Gasteiger partial charge is 0.483 e. The van der Waals surface area contributed by atoms with E-state index < -0.39 is 52.8 Å². The highest BCUT2D eigenvalue weighted by Crippen LogP contribution is 2.41. The van der Waals surface area contributed by atoms with Crippen molar-refractivity contribution in [3.8, 4) is 5.75 Å². The number of aryl methyl sites for hydroxylation is 2. The molecule has 6 rings (SSSR count). The first kappa shape index (κ1) is 40.2. The number of nitrogens with one attached hydrogen (secondary N) is 3. The maximum absolute atomic E-state index is 14.2. The molecule has 0 unspecified atom stereocenters. The van der Waals surface area contributed by atoms with Gasteiger partial charge in [-0.2, -0.15) is 0 Å². The smallest absolute Gasteiger partial charge is 0.258 e.